The maximum absolute atomic E-state index is 14.2. The molecule has 6 rings (SSSR count). The lowest BCUT2D eigenvalue weighted by Gasteiger charge is -2.46. The van der Waals surface area contributed by atoms with Gasteiger partial charge in [-0.05, 0) is 48.5 Å². The molecule has 29 heteroatoms. The van der Waals surface area contributed by atoms with Gasteiger partial charge in [0, 0.05) is 10.6 Å². The number of benzene rings is 6. The van der Waals surface area contributed by atoms with Gasteiger partial charge in [0.15, 0.2) is 10.6 Å². The predicted molar refractivity (Wildman–Crippen MR) is 229 cm³/mol. The van der Waals surface area contributed by atoms with Crippen LogP contribution in [0.4, 0.5) is 105 Å². The second-order valence-electron chi connectivity index (χ2n) is 16.6. The maximum Gasteiger partial charge on any atom is 0.416 e. The molecule has 0 aliphatic heterocycles. The predicted octanol–water partition coefficient (Wildman–Crippen LogP) is 14.9. The molecule has 0 saturated carbocycles. The van der Waals surface area contributed by atoms with E-state index in [2.05, 4.69) is 0 Å². The van der Waals surface area contributed by atoms with Crippen molar-refractivity contribution < 1.29 is 114 Å². The molecular formula is C47H26BClF24O2S. The van der Waals surface area contributed by atoms with Crippen LogP contribution in [0.1, 0.15) is 54.9 Å². The van der Waals surface area contributed by atoms with Crippen molar-refractivity contribution in [2.45, 2.75) is 54.3 Å². The Labute approximate surface area is 417 Å². The summed E-state index contributed by atoms with van der Waals surface area (Å²) in [7, 11) is -2.38. The Hall–Kier alpha value is -6.19. The van der Waals surface area contributed by atoms with E-state index in [-0.39, 0.29) is 11.5 Å². The zero-order valence-electron chi connectivity index (χ0n) is 37.1. The Balaban J connectivity index is 0.000000468. The number of alkyl halides is 24. The molecule has 0 spiro atoms. The molecule has 0 saturated heterocycles. The van der Waals surface area contributed by atoms with Crippen molar-refractivity contribution in [3.05, 3.63) is 182 Å². The zero-order chi connectivity index (χ0) is 57.8. The molecule has 0 heterocycles. The molecule has 2 nitrogen and oxygen atoms in total. The average molecular weight is 1160 g/mol. The van der Waals surface area contributed by atoms with Crippen molar-refractivity contribution in [3.8, 4) is 0 Å². The van der Waals surface area contributed by atoms with Crippen molar-refractivity contribution >= 4 is 55.3 Å². The molecular weight excluding hydrogens is 1130 g/mol. The van der Waals surface area contributed by atoms with Crippen LogP contribution in [0.3, 0.4) is 0 Å². The van der Waals surface area contributed by atoms with E-state index in [0.717, 1.165) is 0 Å². The highest BCUT2D eigenvalue weighted by atomic mass is 35.5. The molecule has 0 N–H and O–H groups in total. The average Bonchev–Trinajstić information content (AvgIpc) is 3.27. The summed E-state index contributed by atoms with van der Waals surface area (Å²) in [6, 6.07) is 6.90. The van der Waals surface area contributed by atoms with Crippen LogP contribution in [0, 0.1) is 0 Å². The van der Waals surface area contributed by atoms with Crippen LogP contribution in [-0.4, -0.2) is 23.9 Å². The van der Waals surface area contributed by atoms with Crippen molar-refractivity contribution in [2.75, 3.05) is 12.0 Å². The van der Waals surface area contributed by atoms with Gasteiger partial charge in [0.05, 0.1) is 44.5 Å². The molecule has 1 unspecified atom stereocenters. The minimum Gasteiger partial charge on any atom is -0.289 e. The fourth-order valence-electron chi connectivity index (χ4n) is 7.83. The number of rotatable bonds is 8. The van der Waals surface area contributed by atoms with E-state index in [1.54, 1.807) is 54.8 Å². The SMILES string of the molecule is C[S+](=O)(CC(=O)c1ccccc1)c1ccc(Cl)cc1.FC(F)(F)c1cc([B-](c2cc(C(F)(F)F)cc(C(F)(F)F)c2)(c2cc(C(F)(F)F)cc(C(F)(F)F)c2)c2cc(C(F)(F)F)cc(C(F)(F)F)c2)cc(C(F)(F)F)c1. The summed E-state index contributed by atoms with van der Waals surface area (Å²) in [5, 5.41) is 0.591. The fourth-order valence-corrected chi connectivity index (χ4v) is 9.51. The van der Waals surface area contributed by atoms with Crippen molar-refractivity contribution in [1.29, 1.82) is 0 Å². The first-order valence-corrected chi connectivity index (χ1v) is 22.9. The highest BCUT2D eigenvalue weighted by Crippen LogP contribution is 2.41. The third-order valence-corrected chi connectivity index (χ3v) is 13.6. The van der Waals surface area contributed by atoms with E-state index < -0.39 is 205 Å². The highest BCUT2D eigenvalue weighted by Gasteiger charge is 2.47. The van der Waals surface area contributed by atoms with Gasteiger partial charge in [-0.15, -0.1) is 0 Å². The van der Waals surface area contributed by atoms with E-state index >= 15 is 0 Å². The Kier molecular flexibility index (Phi) is 16.5. The van der Waals surface area contributed by atoms with Crippen LogP contribution in [0.5, 0.6) is 0 Å². The minimum atomic E-state index is -6.13. The second-order valence-corrected chi connectivity index (χ2v) is 19.8. The van der Waals surface area contributed by atoms with Crippen LogP contribution in [0.2, 0.25) is 5.02 Å². The molecule has 0 aliphatic carbocycles. The first kappa shape index (κ1) is 60.7. The van der Waals surface area contributed by atoms with Gasteiger partial charge in [-0.1, -0.05) is 94.7 Å². The van der Waals surface area contributed by atoms with E-state index in [9.17, 15) is 114 Å². The molecule has 6 aromatic rings. The van der Waals surface area contributed by atoms with Crippen LogP contribution in [0.15, 0.2) is 132 Å². The summed E-state index contributed by atoms with van der Waals surface area (Å²) in [6.07, 6.45) is -53.2. The lowest BCUT2D eigenvalue weighted by atomic mass is 9.12. The minimum absolute atomic E-state index is 0.0125. The summed E-state index contributed by atoms with van der Waals surface area (Å²) in [5.74, 6) is -0.0957. The summed E-state index contributed by atoms with van der Waals surface area (Å²) in [4.78, 5) is 12.7. The van der Waals surface area contributed by atoms with Crippen LogP contribution >= 0.6 is 11.6 Å². The van der Waals surface area contributed by atoms with Gasteiger partial charge in [0.25, 0.3) is 0 Å². The molecule has 1 atom stereocenters. The molecule has 0 amide bonds. The summed E-state index contributed by atoms with van der Waals surface area (Å²) in [6.45, 7) is 0. The fraction of sp³-hybridized carbons (Fsp3) is 0.213. The standard InChI is InChI=1S/C32H12BF24.C15H14ClO2S/c34-25(35,36)13-1-14(26(37,38)39)6-21(5-13)33(22-7-15(27(40,41)42)2-16(8-22)28(43,44)45,23-9-17(29(46,47)48)3-18(10-23)30(49,50)51)24-11-19(31(52,53)54)4-20(12-24)32(55,56)57;1-19(18,14-9-7-13(16)8-10-14)11-15(17)12-5-3-2-4-6-12/h1-12H;2-10H,11H2,1H3/q-1;+1. The van der Waals surface area contributed by atoms with Gasteiger partial charge in [0.1, 0.15) is 22.3 Å². The lowest BCUT2D eigenvalue weighted by molar-refractivity contribution is -0.144. The normalized spacial score (nSPS) is 14.2. The van der Waals surface area contributed by atoms with Gasteiger partial charge >= 0.3 is 49.4 Å². The smallest absolute Gasteiger partial charge is 0.289 e. The number of Topliss-reactive ketones (excluding diaryl/α,β-unsaturated/α-hetero) is 1. The first-order chi connectivity index (χ1) is 34.3. The topological polar surface area (TPSA) is 34.1 Å². The summed E-state index contributed by atoms with van der Waals surface area (Å²) >= 11 is 5.80. The Morgan fingerprint density at radius 1 is 0.382 bits per heavy atom. The van der Waals surface area contributed by atoms with Gasteiger partial charge in [-0.3, -0.25) is 4.79 Å². The van der Waals surface area contributed by atoms with E-state index in [4.69, 9.17) is 11.6 Å². The van der Waals surface area contributed by atoms with Crippen molar-refractivity contribution in [1.82, 2.24) is 0 Å². The van der Waals surface area contributed by atoms with E-state index in [1.807, 2.05) is 6.07 Å². The molecule has 0 bridgehead atoms. The van der Waals surface area contributed by atoms with E-state index in [0.29, 0.717) is 15.5 Å². The quantitative estimate of drug-likeness (QED) is 0.0659. The summed E-state index contributed by atoms with van der Waals surface area (Å²) in [5.41, 5.74) is -29.6. The Morgan fingerprint density at radius 2 is 0.605 bits per heavy atom. The molecule has 410 valence electrons. The molecule has 0 fully saturated rings. The number of ketones is 1. The highest BCUT2D eigenvalue weighted by molar-refractivity contribution is 8.03. The largest absolute Gasteiger partial charge is 0.416 e. The van der Waals surface area contributed by atoms with Gasteiger partial charge < -0.3 is 0 Å². The summed E-state index contributed by atoms with van der Waals surface area (Å²) < 4.78 is 353. The molecule has 0 aromatic heterocycles. The van der Waals surface area contributed by atoms with Gasteiger partial charge in [0.2, 0.25) is 5.78 Å². The molecule has 0 aliphatic rings. The lowest BCUT2D eigenvalue weighted by Crippen LogP contribution is -2.75. The van der Waals surface area contributed by atoms with Crippen LogP contribution in [-0.2, 0) is 63.6 Å². The van der Waals surface area contributed by atoms with Crippen molar-refractivity contribution in [3.63, 3.8) is 0 Å². The first-order valence-electron chi connectivity index (χ1n) is 20.4. The number of halogens is 25. The van der Waals surface area contributed by atoms with Crippen LogP contribution < -0.4 is 21.9 Å². The van der Waals surface area contributed by atoms with Crippen LogP contribution in [0.25, 0.3) is 0 Å². The van der Waals surface area contributed by atoms with Crippen molar-refractivity contribution in [2.24, 2.45) is 0 Å². The molecule has 6 aromatic carbocycles. The third-order valence-electron chi connectivity index (χ3n) is 11.3. The number of carbonyl (C=O) groups excluding carboxylic acids is 1. The van der Waals surface area contributed by atoms with Gasteiger partial charge in [-0.2, -0.15) is 127 Å². The Morgan fingerprint density at radius 3 is 0.816 bits per heavy atom. The molecule has 76 heavy (non-hydrogen) atoms. The number of hydrogen-bond donors (Lipinski definition) is 0. The van der Waals surface area contributed by atoms with Gasteiger partial charge in [-0.25, -0.2) is 0 Å². The zero-order valence-corrected chi connectivity index (χ0v) is 38.7. The number of carbonyl (C=O) groups is 1. The second kappa shape index (κ2) is 20.6. The third kappa shape index (κ3) is 14.0. The molecule has 0 radical (unpaired) electrons. The Bertz CT molecular complexity index is 2690. The monoisotopic (exact) mass is 1160 g/mol. The van der Waals surface area contributed by atoms with E-state index in [1.165, 1.54) is 0 Å². The maximum atomic E-state index is 14.2. The number of hydrogen-bond acceptors (Lipinski definition) is 2.